The molecule has 2 rings (SSSR count). The molecule has 18 heavy (non-hydrogen) atoms. The molecule has 5 heteroatoms. The molecule has 1 aromatic rings. The molecule has 1 heterocycles. The molecular formula is C13H19F2N3. The number of rotatable bonds is 3. The Hall–Kier alpha value is -1.04. The zero-order valence-corrected chi connectivity index (χ0v) is 10.6. The highest BCUT2D eigenvalue weighted by Crippen LogP contribution is 2.29. The first kappa shape index (κ1) is 13.4. The normalized spacial score (nSPS) is 28.0. The van der Waals surface area contributed by atoms with Crippen molar-refractivity contribution in [1.82, 2.24) is 10.9 Å². The number of hydrogen-bond donors (Lipinski definition) is 3. The Bertz CT molecular complexity index is 402. The maximum atomic E-state index is 13.3. The summed E-state index contributed by atoms with van der Waals surface area (Å²) < 4.78 is 26.6. The van der Waals surface area contributed by atoms with Gasteiger partial charge in [-0.25, -0.2) is 14.2 Å². The standard InChI is InChI=1S/C13H19F2N3/c1-7(2)3-11-12(13(16)18-17-11)8-4-9(14)6-10(15)5-8/h4-7,11-13,17-18H,3,16H2,1-2H3. The van der Waals surface area contributed by atoms with Crippen LogP contribution >= 0.6 is 0 Å². The molecule has 1 saturated heterocycles. The molecule has 0 aromatic heterocycles. The largest absolute Gasteiger partial charge is 0.314 e. The molecule has 4 N–H and O–H groups in total. The lowest BCUT2D eigenvalue weighted by molar-refractivity contribution is 0.420. The van der Waals surface area contributed by atoms with Crippen molar-refractivity contribution in [3.8, 4) is 0 Å². The molecule has 0 bridgehead atoms. The van der Waals surface area contributed by atoms with Crippen LogP contribution in [0.5, 0.6) is 0 Å². The number of nitrogens with two attached hydrogens (primary N) is 1. The van der Waals surface area contributed by atoms with Crippen LogP contribution in [-0.2, 0) is 0 Å². The van der Waals surface area contributed by atoms with Crippen LogP contribution in [0.4, 0.5) is 8.78 Å². The van der Waals surface area contributed by atoms with E-state index in [1.54, 1.807) is 0 Å². The summed E-state index contributed by atoms with van der Waals surface area (Å²) in [6.45, 7) is 4.21. The van der Waals surface area contributed by atoms with Gasteiger partial charge in [0.2, 0.25) is 0 Å². The Labute approximate surface area is 106 Å². The van der Waals surface area contributed by atoms with E-state index in [9.17, 15) is 8.78 Å². The average molecular weight is 255 g/mol. The second-order valence-electron chi connectivity index (χ2n) is 5.28. The van der Waals surface area contributed by atoms with Crippen molar-refractivity contribution in [1.29, 1.82) is 0 Å². The van der Waals surface area contributed by atoms with E-state index in [2.05, 4.69) is 24.7 Å². The van der Waals surface area contributed by atoms with Crippen LogP contribution in [0.25, 0.3) is 0 Å². The van der Waals surface area contributed by atoms with Crippen molar-refractivity contribution < 1.29 is 8.78 Å². The van der Waals surface area contributed by atoms with Gasteiger partial charge in [-0.15, -0.1) is 0 Å². The van der Waals surface area contributed by atoms with E-state index >= 15 is 0 Å². The van der Waals surface area contributed by atoms with E-state index in [1.807, 2.05) is 0 Å². The first-order chi connectivity index (χ1) is 8.47. The molecule has 3 atom stereocenters. The van der Waals surface area contributed by atoms with Gasteiger partial charge >= 0.3 is 0 Å². The Morgan fingerprint density at radius 1 is 1.17 bits per heavy atom. The Balaban J connectivity index is 2.27. The zero-order valence-electron chi connectivity index (χ0n) is 10.6. The van der Waals surface area contributed by atoms with Gasteiger partial charge in [0.1, 0.15) is 11.6 Å². The van der Waals surface area contributed by atoms with Crippen molar-refractivity contribution in [2.45, 2.75) is 38.4 Å². The van der Waals surface area contributed by atoms with Crippen LogP contribution in [0.2, 0.25) is 0 Å². The predicted octanol–water partition coefficient (Wildman–Crippen LogP) is 1.86. The third-order valence-electron chi connectivity index (χ3n) is 3.25. The first-order valence-electron chi connectivity index (χ1n) is 6.20. The van der Waals surface area contributed by atoms with Gasteiger partial charge < -0.3 is 5.73 Å². The molecule has 0 spiro atoms. The summed E-state index contributed by atoms with van der Waals surface area (Å²) in [5, 5.41) is 0. The fourth-order valence-corrected chi connectivity index (χ4v) is 2.55. The summed E-state index contributed by atoms with van der Waals surface area (Å²) in [4.78, 5) is 0. The summed E-state index contributed by atoms with van der Waals surface area (Å²) in [6.07, 6.45) is 0.554. The lowest BCUT2D eigenvalue weighted by Crippen LogP contribution is -2.38. The van der Waals surface area contributed by atoms with Gasteiger partial charge in [0.15, 0.2) is 0 Å². The summed E-state index contributed by atoms with van der Waals surface area (Å²) in [7, 11) is 0. The van der Waals surface area contributed by atoms with E-state index < -0.39 is 11.6 Å². The fraction of sp³-hybridized carbons (Fsp3) is 0.538. The average Bonchev–Trinajstić information content (AvgIpc) is 2.57. The Morgan fingerprint density at radius 2 is 1.78 bits per heavy atom. The van der Waals surface area contributed by atoms with E-state index in [-0.39, 0.29) is 18.1 Å². The predicted molar refractivity (Wildman–Crippen MR) is 66.6 cm³/mol. The van der Waals surface area contributed by atoms with Crippen LogP contribution < -0.4 is 16.6 Å². The van der Waals surface area contributed by atoms with Crippen LogP contribution in [0, 0.1) is 17.6 Å². The minimum atomic E-state index is -0.563. The van der Waals surface area contributed by atoms with E-state index in [1.165, 1.54) is 12.1 Å². The number of nitrogens with one attached hydrogen (secondary N) is 2. The smallest absolute Gasteiger partial charge is 0.126 e. The highest BCUT2D eigenvalue weighted by molar-refractivity contribution is 5.26. The van der Waals surface area contributed by atoms with Crippen LogP contribution in [0.3, 0.4) is 0 Å². The third-order valence-corrected chi connectivity index (χ3v) is 3.25. The minimum Gasteiger partial charge on any atom is -0.314 e. The highest BCUT2D eigenvalue weighted by atomic mass is 19.1. The van der Waals surface area contributed by atoms with Gasteiger partial charge in [0, 0.05) is 18.0 Å². The highest BCUT2D eigenvalue weighted by Gasteiger charge is 2.35. The van der Waals surface area contributed by atoms with Crippen molar-refractivity contribution >= 4 is 0 Å². The lowest BCUT2D eigenvalue weighted by Gasteiger charge is -2.22. The number of halogens is 2. The molecule has 3 unspecified atom stereocenters. The zero-order chi connectivity index (χ0) is 13.3. The SMILES string of the molecule is CC(C)CC1NNC(N)C1c1cc(F)cc(F)c1. The molecule has 0 amide bonds. The van der Waals surface area contributed by atoms with E-state index in [4.69, 9.17) is 5.73 Å². The molecule has 0 radical (unpaired) electrons. The maximum Gasteiger partial charge on any atom is 0.126 e. The minimum absolute atomic E-state index is 0.0844. The summed E-state index contributed by atoms with van der Waals surface area (Å²) >= 11 is 0. The number of hydrazine groups is 1. The van der Waals surface area contributed by atoms with Gasteiger partial charge in [-0.3, -0.25) is 5.43 Å². The molecule has 1 aliphatic heterocycles. The second-order valence-corrected chi connectivity index (χ2v) is 5.28. The van der Waals surface area contributed by atoms with Crippen molar-refractivity contribution in [2.24, 2.45) is 11.7 Å². The topological polar surface area (TPSA) is 50.1 Å². The van der Waals surface area contributed by atoms with Gasteiger partial charge in [-0.2, -0.15) is 0 Å². The second kappa shape index (κ2) is 5.30. The van der Waals surface area contributed by atoms with Crippen molar-refractivity contribution in [3.63, 3.8) is 0 Å². The summed E-state index contributed by atoms with van der Waals surface area (Å²) in [5.74, 6) is -0.770. The molecule has 0 saturated carbocycles. The monoisotopic (exact) mass is 255 g/mol. The molecular weight excluding hydrogens is 236 g/mol. The van der Waals surface area contributed by atoms with Crippen molar-refractivity contribution in [3.05, 3.63) is 35.4 Å². The van der Waals surface area contributed by atoms with Crippen LogP contribution in [-0.4, -0.2) is 12.2 Å². The van der Waals surface area contributed by atoms with E-state index in [0.717, 1.165) is 12.5 Å². The number of benzene rings is 1. The maximum absolute atomic E-state index is 13.3. The lowest BCUT2D eigenvalue weighted by atomic mass is 9.86. The van der Waals surface area contributed by atoms with E-state index in [0.29, 0.717) is 11.5 Å². The number of hydrogen-bond acceptors (Lipinski definition) is 3. The Morgan fingerprint density at radius 3 is 2.33 bits per heavy atom. The molecule has 0 aliphatic carbocycles. The first-order valence-corrected chi connectivity index (χ1v) is 6.20. The van der Waals surface area contributed by atoms with Crippen LogP contribution in [0.15, 0.2) is 18.2 Å². The summed E-state index contributed by atoms with van der Waals surface area (Å²) in [5.41, 5.74) is 12.6. The fourth-order valence-electron chi connectivity index (χ4n) is 2.55. The molecule has 1 fully saturated rings. The molecule has 1 aromatic carbocycles. The van der Waals surface area contributed by atoms with Gasteiger partial charge in [0.05, 0.1) is 6.17 Å². The Kier molecular flexibility index (Phi) is 3.94. The molecule has 1 aliphatic rings. The molecule has 100 valence electrons. The summed E-state index contributed by atoms with van der Waals surface area (Å²) in [6, 6.07) is 3.68. The third kappa shape index (κ3) is 2.85. The van der Waals surface area contributed by atoms with Gasteiger partial charge in [-0.1, -0.05) is 13.8 Å². The van der Waals surface area contributed by atoms with Gasteiger partial charge in [0.25, 0.3) is 0 Å². The van der Waals surface area contributed by atoms with Crippen molar-refractivity contribution in [2.75, 3.05) is 0 Å². The molecule has 3 nitrogen and oxygen atoms in total. The quantitative estimate of drug-likeness (QED) is 0.772. The van der Waals surface area contributed by atoms with Crippen LogP contribution in [0.1, 0.15) is 31.7 Å². The van der Waals surface area contributed by atoms with Gasteiger partial charge in [-0.05, 0) is 30.0 Å².